The van der Waals surface area contributed by atoms with Gasteiger partial charge in [-0.25, -0.2) is 14.4 Å². The molecule has 0 aromatic rings. The predicted octanol–water partition coefficient (Wildman–Crippen LogP) is -11.5. The Morgan fingerprint density at radius 2 is 0.639 bits per heavy atom. The van der Waals surface area contributed by atoms with Crippen LogP contribution in [0.4, 0.5) is 0 Å². The molecule has 0 spiro atoms. The van der Waals surface area contributed by atoms with Crippen molar-refractivity contribution in [3.05, 3.63) is 36.5 Å². The SMILES string of the molecule is O=C(C=CC1CCC(O)C(O[C@@H]2O[C@H](CO)[C@@H](O)[C@H](O)[C@H]2O)C1)OC[C@H]1O[C@@H](OC2CCC(C=CC(=O)OC[C@H]3O[C@@H](OC4CC5C(O[C@@H]6O[C@H](CO)[C@@H](O)[C@H](O)[C@H]6O)CC(O)CC5[OH+]C4C4CCC(O)CC4)[C@H](O[C@@H]4O[C@H](COC(=O)C=CC5CCC(O)C(O[C@@H]6O[C@H](CO)[C@@H](O)[C@H](O)[C@H]6O)C5)[C@@H](O)[C@H](O)[C@H]4O)[C@@H](O)[C@@H]3O)CC2O)[C@H](O)[C@@H](O)[C@@H]1O. The Morgan fingerprint density at radius 1 is 0.295 bits per heavy atom. The van der Waals surface area contributed by atoms with E-state index in [0.29, 0.717) is 38.5 Å². The topological polar surface area (TPSA) is 708 Å². The van der Waals surface area contributed by atoms with E-state index in [9.17, 15) is 142 Å². The van der Waals surface area contributed by atoms with E-state index in [1.165, 1.54) is 18.2 Å². The molecule has 45 atom stereocenters. The van der Waals surface area contributed by atoms with Gasteiger partial charge in [0.2, 0.25) is 0 Å². The van der Waals surface area contributed by atoms with Gasteiger partial charge in [-0.1, -0.05) is 18.2 Å². The monoisotopic (exact) mass is 1760 g/mol. The van der Waals surface area contributed by atoms with Crippen molar-refractivity contribution >= 4 is 17.9 Å². The Morgan fingerprint density at radius 3 is 1.05 bits per heavy atom. The molecule has 44 heteroatoms. The fraction of sp³-hybridized carbons (Fsp3) is 0.885. The molecule has 26 N–H and O–H groups in total. The number of ether oxygens (including phenoxy) is 16. The van der Waals surface area contributed by atoms with Gasteiger partial charge in [-0.2, -0.15) is 0 Å². The smallest absolute Gasteiger partial charge is 0.330 e. The number of carbonyl (C=O) groups is 3. The summed E-state index contributed by atoms with van der Waals surface area (Å²) in [6.45, 7) is -4.50. The third-order valence-electron chi connectivity index (χ3n) is 25.9. The van der Waals surface area contributed by atoms with Crippen molar-refractivity contribution < 1.29 is 218 Å². The van der Waals surface area contributed by atoms with E-state index in [1.807, 2.05) is 0 Å². The maximum absolute atomic E-state index is 13.7. The van der Waals surface area contributed by atoms with Crippen LogP contribution in [0.5, 0.6) is 0 Å². The average molecular weight is 1760 g/mol. The summed E-state index contributed by atoms with van der Waals surface area (Å²) < 4.78 is 93.5. The quantitative estimate of drug-likeness (QED) is 0.0150. The molecule has 7 aliphatic heterocycles. The first-order valence-corrected chi connectivity index (χ1v) is 42.0. The normalized spacial score (nSPS) is 49.4. The lowest BCUT2D eigenvalue weighted by atomic mass is 9.73. The zero-order valence-electron chi connectivity index (χ0n) is 66.6. The maximum Gasteiger partial charge on any atom is 0.330 e. The number of aliphatic hydroxyl groups excluding tert-OH is 25. The van der Waals surface area contributed by atoms with Crippen LogP contribution in [0.2, 0.25) is 0 Å². The fourth-order valence-electron chi connectivity index (χ4n) is 18.5. The second-order valence-electron chi connectivity index (χ2n) is 34.3. The predicted molar refractivity (Wildman–Crippen MR) is 396 cm³/mol. The standard InChI is InChI=1S/C78H122O44/c79-23-45-54(90)60(96)66(102)74(116-45)112-41-21-34(83)20-40-35(41)22-44(71(110-40)32-7-9-33(82)10-8-32)115-78-72(122-77-70(106)64(100)58(94)49(120-77)27-108-53(89)16-6-31-2-12-37(85)43(19-31)114-76-68(104)62(98)56(92)47(25-81)118-76)65(101)59(95)50(121-78)28-109-51(87)14-4-29-3-13-39(38(86)17-29)111-73-69(105)63(99)57(93)48(119-73)26-107-52(88)15-5-30-1-11-36(84)42(18-30)113-75-67(103)61(97)55(91)46(24-80)117-75/h4-6,14-16,29-50,54-86,90-106H,1-3,7-13,17-28H2/p+1/t29?,30?,31?,32?,33?,34?,35?,36?,37?,38?,39?,40?,41?,42?,43?,44?,45-,46-,47-,48-,49-,50-,54-,55-,56-,57-,58-,59-,60+,61+,62+,63+,64+,65+,66-,67-,68-,69-,70-,71?,72-,73-,74-,75-,76-,77+,78-/m1/s1. The van der Waals surface area contributed by atoms with Crippen LogP contribution in [-0.2, 0) is 85.4 Å². The molecule has 0 amide bonds. The number of allylic oxidation sites excluding steroid dienone is 3. The number of hydrogen-bond donors (Lipinski definition) is 25. The van der Waals surface area contributed by atoms with E-state index < -0.39 is 339 Å². The van der Waals surface area contributed by atoms with Crippen LogP contribution in [0.25, 0.3) is 0 Å². The molecule has 122 heavy (non-hydrogen) atoms. The summed E-state index contributed by atoms with van der Waals surface area (Å²) in [5.74, 6) is -5.40. The van der Waals surface area contributed by atoms with Gasteiger partial charge in [0.05, 0.1) is 80.7 Å². The van der Waals surface area contributed by atoms with Crippen molar-refractivity contribution in [3.63, 3.8) is 0 Å². The highest BCUT2D eigenvalue weighted by atomic mass is 16.8. The van der Waals surface area contributed by atoms with Crippen LogP contribution in [0.15, 0.2) is 36.5 Å². The average Bonchev–Trinajstić information content (AvgIpc) is 0.764. The highest BCUT2D eigenvalue weighted by Crippen LogP contribution is 2.46. The number of carbonyl (C=O) groups excluding carboxylic acids is 3. The largest absolute Gasteiger partial charge is 0.460 e. The van der Waals surface area contributed by atoms with Gasteiger partial charge in [0.25, 0.3) is 0 Å². The van der Waals surface area contributed by atoms with E-state index in [0.717, 1.165) is 18.2 Å². The van der Waals surface area contributed by atoms with Gasteiger partial charge in [0, 0.05) is 37.0 Å². The highest BCUT2D eigenvalue weighted by Gasteiger charge is 2.59. The molecule has 12 rings (SSSR count). The van der Waals surface area contributed by atoms with E-state index in [2.05, 4.69) is 0 Å². The summed E-state index contributed by atoms with van der Waals surface area (Å²) in [7, 11) is 0. The summed E-state index contributed by atoms with van der Waals surface area (Å²) >= 11 is 0. The van der Waals surface area contributed by atoms with Crippen molar-refractivity contribution in [1.29, 1.82) is 0 Å². The van der Waals surface area contributed by atoms with Crippen molar-refractivity contribution in [2.75, 3.05) is 39.6 Å². The third kappa shape index (κ3) is 23.3. The molecule has 5 aliphatic carbocycles. The Hall–Kier alpha value is -3.89. The molecule has 698 valence electrons. The molecular formula is C78H123O44+. The second kappa shape index (κ2) is 43.7. The summed E-state index contributed by atoms with van der Waals surface area (Å²) in [6.07, 6.45) is -54.3. The van der Waals surface area contributed by atoms with Gasteiger partial charge in [-0.3, -0.25) is 0 Å². The first-order chi connectivity index (χ1) is 58.1. The van der Waals surface area contributed by atoms with Crippen LogP contribution < -0.4 is 0 Å². The van der Waals surface area contributed by atoms with E-state index in [1.54, 1.807) is 0 Å². The molecule has 0 aromatic carbocycles. The van der Waals surface area contributed by atoms with Crippen LogP contribution in [-0.4, -0.2) is 447 Å². The molecule has 15 unspecified atom stereocenters. The Kier molecular flexibility index (Phi) is 34.8. The molecule has 44 nitrogen and oxygen atoms in total. The van der Waals surface area contributed by atoms with Crippen LogP contribution in [0, 0.1) is 29.6 Å². The molecule has 7 heterocycles. The van der Waals surface area contributed by atoms with Crippen molar-refractivity contribution in [3.8, 4) is 0 Å². The lowest BCUT2D eigenvalue weighted by molar-refractivity contribution is -0.389. The summed E-state index contributed by atoms with van der Waals surface area (Å²) in [5, 5.41) is 270. The van der Waals surface area contributed by atoms with Gasteiger partial charge in [0.15, 0.2) is 49.9 Å². The van der Waals surface area contributed by atoms with E-state index in [-0.39, 0.29) is 70.1 Å². The lowest BCUT2D eigenvalue weighted by Gasteiger charge is -2.50. The van der Waals surface area contributed by atoms with Gasteiger partial charge < -0.3 is 203 Å². The van der Waals surface area contributed by atoms with Gasteiger partial charge in [-0.15, -0.1) is 0 Å². The number of hydrogen-bond acceptors (Lipinski definition) is 43. The van der Waals surface area contributed by atoms with E-state index >= 15 is 0 Å². The molecule has 7 saturated heterocycles. The summed E-state index contributed by atoms with van der Waals surface area (Å²) in [5.41, 5.74) is 0. The minimum atomic E-state index is -2.17. The van der Waals surface area contributed by atoms with Crippen LogP contribution in [0.1, 0.15) is 103 Å². The molecule has 0 aromatic heterocycles. The van der Waals surface area contributed by atoms with Crippen molar-refractivity contribution in [1.82, 2.24) is 0 Å². The van der Waals surface area contributed by atoms with Gasteiger partial charge >= 0.3 is 17.9 Å². The molecule has 0 bridgehead atoms. The highest BCUT2D eigenvalue weighted by molar-refractivity contribution is 5.82. The zero-order valence-corrected chi connectivity index (χ0v) is 66.6. The third-order valence-corrected chi connectivity index (χ3v) is 25.9. The summed E-state index contributed by atoms with van der Waals surface area (Å²) in [4.78, 5) is 40.1. The van der Waals surface area contributed by atoms with Crippen molar-refractivity contribution in [2.45, 2.75) is 360 Å². The maximum atomic E-state index is 13.7. The molecule has 12 fully saturated rings. The molecule has 5 saturated carbocycles. The first kappa shape index (κ1) is 97.2. The van der Waals surface area contributed by atoms with Crippen LogP contribution in [0.3, 0.4) is 0 Å². The number of esters is 3. The Labute approximate surface area is 699 Å². The first-order valence-electron chi connectivity index (χ1n) is 42.0. The number of fused-ring (bicyclic) bond motifs is 1. The van der Waals surface area contributed by atoms with E-state index in [4.69, 9.17) is 75.8 Å². The van der Waals surface area contributed by atoms with Crippen LogP contribution >= 0.6 is 0 Å². The fourth-order valence-corrected chi connectivity index (χ4v) is 18.5. The Balaban J connectivity index is 0.684. The number of aliphatic hydroxyl groups is 27. The zero-order chi connectivity index (χ0) is 88.0. The number of rotatable bonds is 28. The second-order valence-corrected chi connectivity index (χ2v) is 34.3. The summed E-state index contributed by atoms with van der Waals surface area (Å²) in [6, 6.07) is 0. The Bertz CT molecular complexity index is 3350. The molecular weight excluding hydrogens is 1640 g/mol. The van der Waals surface area contributed by atoms with Gasteiger partial charge in [0.1, 0.15) is 172 Å². The lowest BCUT2D eigenvalue weighted by Crippen LogP contribution is -2.66. The minimum absolute atomic E-state index is 0.0254. The molecule has 0 radical (unpaired) electrons. The minimum Gasteiger partial charge on any atom is -0.460 e. The van der Waals surface area contributed by atoms with Gasteiger partial charge in [-0.05, 0) is 108 Å². The van der Waals surface area contributed by atoms with Crippen molar-refractivity contribution in [2.24, 2.45) is 29.6 Å². The molecule has 12 aliphatic rings.